The smallest absolute Gasteiger partial charge is 0.315 e. The van der Waals surface area contributed by atoms with Gasteiger partial charge in [-0.1, -0.05) is 6.07 Å². The number of rotatable bonds is 3. The number of halogens is 3. The van der Waals surface area contributed by atoms with Gasteiger partial charge in [0.2, 0.25) is 0 Å². The molecule has 0 radical (unpaired) electrons. The highest BCUT2D eigenvalue weighted by Gasteiger charge is 2.30. The van der Waals surface area contributed by atoms with Crippen molar-refractivity contribution in [2.45, 2.75) is 6.18 Å². The summed E-state index contributed by atoms with van der Waals surface area (Å²) < 4.78 is 41.0. The number of anilines is 2. The third-order valence-corrected chi connectivity index (χ3v) is 3.44. The Kier molecular flexibility index (Phi) is 4.67. The van der Waals surface area contributed by atoms with Crippen molar-refractivity contribution >= 4 is 23.3 Å². The Hall–Kier alpha value is -3.63. The van der Waals surface area contributed by atoms with Crippen molar-refractivity contribution < 1.29 is 22.8 Å². The van der Waals surface area contributed by atoms with Gasteiger partial charge >= 0.3 is 18.0 Å². The highest BCUT2D eigenvalue weighted by molar-refractivity contribution is 6.43. The fourth-order valence-corrected chi connectivity index (χ4v) is 2.20. The highest BCUT2D eigenvalue weighted by Crippen LogP contribution is 2.30. The number of aromatic nitrogens is 4. The van der Waals surface area contributed by atoms with Crippen molar-refractivity contribution in [2.75, 3.05) is 10.6 Å². The molecule has 1 aromatic carbocycles. The number of alkyl halides is 3. The van der Waals surface area contributed by atoms with Gasteiger partial charge in [-0.3, -0.25) is 14.3 Å². The predicted molar refractivity (Wildman–Crippen MR) is 89.0 cm³/mol. The molecule has 8 nitrogen and oxygen atoms in total. The molecule has 0 bridgehead atoms. The van der Waals surface area contributed by atoms with Gasteiger partial charge in [-0.25, -0.2) is 4.68 Å². The molecule has 0 unspecified atom stereocenters. The monoisotopic (exact) mass is 378 g/mol. The van der Waals surface area contributed by atoms with Crippen LogP contribution in [-0.2, 0) is 22.8 Å². The lowest BCUT2D eigenvalue weighted by Gasteiger charge is -2.08. The second-order valence-corrected chi connectivity index (χ2v) is 5.50. The first-order valence-electron chi connectivity index (χ1n) is 7.56. The first-order valence-corrected chi connectivity index (χ1v) is 7.56. The molecular formula is C16H13F3N6O2. The van der Waals surface area contributed by atoms with Gasteiger partial charge < -0.3 is 10.6 Å². The molecule has 0 saturated heterocycles. The van der Waals surface area contributed by atoms with E-state index in [4.69, 9.17) is 0 Å². The zero-order valence-corrected chi connectivity index (χ0v) is 13.9. The quantitative estimate of drug-likeness (QED) is 0.684. The molecule has 27 heavy (non-hydrogen) atoms. The summed E-state index contributed by atoms with van der Waals surface area (Å²) in [6.07, 6.45) is -0.385. The van der Waals surface area contributed by atoms with E-state index in [-0.39, 0.29) is 17.2 Å². The third kappa shape index (κ3) is 4.32. The van der Waals surface area contributed by atoms with Crippen LogP contribution in [0.25, 0.3) is 5.69 Å². The van der Waals surface area contributed by atoms with Gasteiger partial charge in [-0.05, 0) is 18.2 Å². The second kappa shape index (κ2) is 6.94. The van der Waals surface area contributed by atoms with Crippen LogP contribution in [0.4, 0.5) is 24.7 Å². The molecule has 0 atom stereocenters. The summed E-state index contributed by atoms with van der Waals surface area (Å²) in [6.45, 7) is 0. The van der Waals surface area contributed by atoms with E-state index in [9.17, 15) is 22.8 Å². The van der Waals surface area contributed by atoms with Gasteiger partial charge in [-0.15, -0.1) is 0 Å². The molecule has 140 valence electrons. The molecular weight excluding hydrogens is 365 g/mol. The van der Waals surface area contributed by atoms with E-state index in [1.165, 1.54) is 35.3 Å². The molecule has 2 amide bonds. The summed E-state index contributed by atoms with van der Waals surface area (Å²) >= 11 is 0. The Morgan fingerprint density at radius 3 is 2.52 bits per heavy atom. The van der Waals surface area contributed by atoms with Gasteiger partial charge in [0.05, 0.1) is 29.3 Å². The van der Waals surface area contributed by atoms with Crippen molar-refractivity contribution in [3.05, 3.63) is 54.5 Å². The molecule has 2 heterocycles. The van der Waals surface area contributed by atoms with Crippen LogP contribution in [-0.4, -0.2) is 31.4 Å². The predicted octanol–water partition coefficient (Wildman–Crippen LogP) is 2.20. The van der Waals surface area contributed by atoms with Crippen LogP contribution in [0, 0.1) is 0 Å². The van der Waals surface area contributed by atoms with E-state index >= 15 is 0 Å². The van der Waals surface area contributed by atoms with Gasteiger partial charge in [-0.2, -0.15) is 23.4 Å². The lowest BCUT2D eigenvalue weighted by molar-refractivity contribution is -0.137. The molecule has 0 aliphatic carbocycles. The number of carbonyl (C=O) groups is 2. The third-order valence-electron chi connectivity index (χ3n) is 3.44. The molecule has 0 aliphatic rings. The molecule has 0 saturated carbocycles. The number of benzene rings is 1. The van der Waals surface area contributed by atoms with Crippen LogP contribution in [0.2, 0.25) is 0 Å². The summed E-state index contributed by atoms with van der Waals surface area (Å²) in [7, 11) is 1.65. The van der Waals surface area contributed by atoms with Gasteiger partial charge in [0, 0.05) is 19.3 Å². The van der Waals surface area contributed by atoms with Gasteiger partial charge in [0.25, 0.3) is 0 Å². The maximum atomic E-state index is 12.8. The van der Waals surface area contributed by atoms with Crippen LogP contribution in [0.3, 0.4) is 0 Å². The Morgan fingerprint density at radius 2 is 1.85 bits per heavy atom. The minimum Gasteiger partial charge on any atom is -0.315 e. The van der Waals surface area contributed by atoms with Crippen LogP contribution in [0.1, 0.15) is 5.56 Å². The summed E-state index contributed by atoms with van der Waals surface area (Å²) in [6, 6.07) is 6.06. The number of nitrogens with zero attached hydrogens (tertiary/aromatic N) is 4. The van der Waals surface area contributed by atoms with Crippen molar-refractivity contribution in [3.63, 3.8) is 0 Å². The first kappa shape index (κ1) is 18.2. The van der Waals surface area contributed by atoms with Crippen LogP contribution < -0.4 is 10.6 Å². The summed E-state index contributed by atoms with van der Waals surface area (Å²) in [5.41, 5.74) is -0.521. The number of carbonyl (C=O) groups excluding carboxylic acids is 2. The Balaban J connectivity index is 1.69. The lowest BCUT2D eigenvalue weighted by Crippen LogP contribution is -2.29. The number of aryl methyl sites for hydroxylation is 1. The molecule has 0 fully saturated rings. The van der Waals surface area contributed by atoms with Gasteiger partial charge in [0.1, 0.15) is 0 Å². The molecule has 0 aliphatic heterocycles. The average Bonchev–Trinajstić information content (AvgIpc) is 3.23. The molecule has 11 heteroatoms. The zero-order valence-electron chi connectivity index (χ0n) is 13.9. The molecule has 3 aromatic rings. The maximum Gasteiger partial charge on any atom is 0.416 e. The fourth-order valence-electron chi connectivity index (χ4n) is 2.20. The Labute approximate surface area is 150 Å². The highest BCUT2D eigenvalue weighted by atomic mass is 19.4. The van der Waals surface area contributed by atoms with E-state index in [0.29, 0.717) is 0 Å². The minimum atomic E-state index is -4.48. The number of nitrogens with one attached hydrogen (secondary N) is 2. The first-order chi connectivity index (χ1) is 12.7. The second-order valence-electron chi connectivity index (χ2n) is 5.50. The summed E-state index contributed by atoms with van der Waals surface area (Å²) in [5, 5.41) is 12.4. The SMILES string of the molecule is Cn1ccc(NC(=O)C(=O)Nc2cnn(-c3cccc(C(F)(F)F)c3)c2)n1. The fraction of sp³-hybridized carbons (Fsp3) is 0.125. The van der Waals surface area contributed by atoms with Gasteiger partial charge in [0.15, 0.2) is 5.82 Å². The van der Waals surface area contributed by atoms with E-state index in [2.05, 4.69) is 20.8 Å². The van der Waals surface area contributed by atoms with Crippen molar-refractivity contribution in [1.29, 1.82) is 0 Å². The Morgan fingerprint density at radius 1 is 1.11 bits per heavy atom. The van der Waals surface area contributed by atoms with E-state index in [1.807, 2.05) is 0 Å². The number of hydrogen-bond donors (Lipinski definition) is 2. The molecule has 3 rings (SSSR count). The Bertz CT molecular complexity index is 992. The summed E-state index contributed by atoms with van der Waals surface area (Å²) in [5.74, 6) is -1.71. The topological polar surface area (TPSA) is 93.8 Å². The van der Waals surface area contributed by atoms with Crippen LogP contribution in [0.15, 0.2) is 48.9 Å². The van der Waals surface area contributed by atoms with Crippen molar-refractivity contribution in [2.24, 2.45) is 7.05 Å². The lowest BCUT2D eigenvalue weighted by atomic mass is 10.2. The largest absolute Gasteiger partial charge is 0.416 e. The van der Waals surface area contributed by atoms with E-state index in [0.717, 1.165) is 16.8 Å². The normalized spacial score (nSPS) is 11.3. The maximum absolute atomic E-state index is 12.8. The zero-order chi connectivity index (χ0) is 19.6. The van der Waals surface area contributed by atoms with Crippen LogP contribution >= 0.6 is 0 Å². The standard InChI is InChI=1S/C16H13F3N6O2/c1-24-6-5-13(23-24)22-15(27)14(26)21-11-8-20-25(9-11)12-4-2-3-10(7-12)16(17,18)19/h2-9H,1H3,(H,21,26)(H,22,23,27). The molecule has 2 aromatic heterocycles. The van der Waals surface area contributed by atoms with Crippen molar-refractivity contribution in [1.82, 2.24) is 19.6 Å². The molecule has 0 spiro atoms. The van der Waals surface area contributed by atoms with E-state index < -0.39 is 23.6 Å². The van der Waals surface area contributed by atoms with E-state index in [1.54, 1.807) is 13.2 Å². The average molecular weight is 378 g/mol. The molecule has 2 N–H and O–H groups in total. The van der Waals surface area contributed by atoms with Crippen LogP contribution in [0.5, 0.6) is 0 Å². The number of hydrogen-bond acceptors (Lipinski definition) is 4. The minimum absolute atomic E-state index is 0.147. The summed E-state index contributed by atoms with van der Waals surface area (Å²) in [4.78, 5) is 23.7. The number of amides is 2. The van der Waals surface area contributed by atoms with Crippen molar-refractivity contribution in [3.8, 4) is 5.69 Å².